The number of ether oxygens (including phenoxy) is 3. The number of carbonyl (C=O) groups excluding carboxylic acids is 4. The Morgan fingerprint density at radius 1 is 1.14 bits per heavy atom. The zero-order valence-corrected chi connectivity index (χ0v) is 35.2. The molecule has 3 N–H and O–H groups in total. The number of amides is 4. The van der Waals surface area contributed by atoms with Gasteiger partial charge in [-0.2, -0.15) is 0 Å². The fraction of sp³-hybridized carbons (Fsp3) is 0.634. The maximum absolute atomic E-state index is 14.9. The maximum atomic E-state index is 14.9. The zero-order valence-electron chi connectivity index (χ0n) is 34.4. The molecular formula is C41H54F3N5O9S. The number of hydrogen-bond acceptors (Lipinski definition) is 10. The number of sulfonamides is 1. The number of carbonyl (C=O) groups is 4. The highest BCUT2D eigenvalue weighted by molar-refractivity contribution is 7.91. The predicted octanol–water partition coefficient (Wildman–Crippen LogP) is 5.54. The van der Waals surface area contributed by atoms with Gasteiger partial charge in [0.2, 0.25) is 27.7 Å². The molecule has 14 nitrogen and oxygen atoms in total. The van der Waals surface area contributed by atoms with Crippen LogP contribution in [0.3, 0.4) is 0 Å². The first kappa shape index (κ1) is 44.0. The van der Waals surface area contributed by atoms with E-state index in [2.05, 4.69) is 20.3 Å². The molecule has 1 aromatic heterocycles. The van der Waals surface area contributed by atoms with Crippen LogP contribution in [0.1, 0.15) is 92.9 Å². The van der Waals surface area contributed by atoms with E-state index >= 15 is 0 Å². The van der Waals surface area contributed by atoms with Gasteiger partial charge in [-0.05, 0) is 94.7 Å². The summed E-state index contributed by atoms with van der Waals surface area (Å²) in [5.74, 6) is -7.59. The van der Waals surface area contributed by atoms with Crippen molar-refractivity contribution >= 4 is 44.6 Å². The minimum absolute atomic E-state index is 0.00220. The number of halogens is 3. The minimum atomic E-state index is -4.08. The van der Waals surface area contributed by atoms with Crippen LogP contribution in [-0.4, -0.2) is 95.8 Å². The Morgan fingerprint density at radius 2 is 1.85 bits per heavy atom. The van der Waals surface area contributed by atoms with Crippen molar-refractivity contribution in [3.8, 4) is 11.6 Å². The molecule has 0 spiro atoms. The summed E-state index contributed by atoms with van der Waals surface area (Å²) in [6.45, 7) is 7.83. The van der Waals surface area contributed by atoms with E-state index in [0.717, 1.165) is 13.8 Å². The monoisotopic (exact) mass is 849 g/mol. The highest BCUT2D eigenvalue weighted by Gasteiger charge is 2.63. The van der Waals surface area contributed by atoms with Crippen LogP contribution in [0.25, 0.3) is 10.8 Å². The molecule has 1 saturated heterocycles. The SMILES string of the molecule is CC[C@@H]1C[C@H](C)CC/C=C\[C@@H]2C[C@@]2(C(=O)NS(=O)(=O)C2(C)CC2)NC(=O)[C@@H]2C[C@@H](Oc3nccc4cc(OC)c(F)cc34)CN2C(=O)[C@H]1NC(=O)OC(C)(C)C(C)(F)F. The van der Waals surface area contributed by atoms with Crippen LogP contribution in [0.5, 0.6) is 11.6 Å². The van der Waals surface area contributed by atoms with Gasteiger partial charge in [0.05, 0.1) is 18.4 Å². The Labute approximate surface area is 342 Å². The van der Waals surface area contributed by atoms with Crippen molar-refractivity contribution in [2.45, 2.75) is 133 Å². The number of methoxy groups -OCH3 is 1. The molecule has 324 valence electrons. The van der Waals surface area contributed by atoms with Crippen LogP contribution in [0.4, 0.5) is 18.0 Å². The van der Waals surface area contributed by atoms with Gasteiger partial charge in [0.25, 0.3) is 11.8 Å². The molecule has 2 saturated carbocycles. The Morgan fingerprint density at radius 3 is 2.49 bits per heavy atom. The second kappa shape index (κ2) is 16.1. The number of benzene rings is 1. The largest absolute Gasteiger partial charge is 0.494 e. The molecule has 4 amide bonds. The predicted molar refractivity (Wildman–Crippen MR) is 211 cm³/mol. The van der Waals surface area contributed by atoms with Crippen molar-refractivity contribution in [1.82, 2.24) is 25.2 Å². The van der Waals surface area contributed by atoms with E-state index in [4.69, 9.17) is 14.2 Å². The van der Waals surface area contributed by atoms with Gasteiger partial charge in [-0.1, -0.05) is 32.4 Å². The number of hydrogen-bond donors (Lipinski definition) is 3. The van der Waals surface area contributed by atoms with Crippen LogP contribution >= 0.6 is 0 Å². The second-order valence-electron chi connectivity index (χ2n) is 17.4. The molecule has 0 radical (unpaired) electrons. The van der Waals surface area contributed by atoms with Gasteiger partial charge in [0.1, 0.15) is 23.7 Å². The van der Waals surface area contributed by atoms with Gasteiger partial charge < -0.3 is 29.7 Å². The number of allylic oxidation sites excluding steroid dienone is 1. The highest BCUT2D eigenvalue weighted by atomic mass is 32.2. The number of pyridine rings is 1. The molecule has 3 heterocycles. The quantitative estimate of drug-likeness (QED) is 0.257. The fourth-order valence-electron chi connectivity index (χ4n) is 7.85. The van der Waals surface area contributed by atoms with Crippen molar-refractivity contribution < 1.29 is 55.0 Å². The lowest BCUT2D eigenvalue weighted by Crippen LogP contribution is -2.60. The minimum Gasteiger partial charge on any atom is -0.494 e. The molecule has 2 aliphatic carbocycles. The molecule has 2 aliphatic heterocycles. The van der Waals surface area contributed by atoms with Crippen LogP contribution in [0, 0.1) is 23.6 Å². The number of fused-ring (bicyclic) bond motifs is 3. The molecule has 2 aromatic rings. The topological polar surface area (TPSA) is 182 Å². The lowest BCUT2D eigenvalue weighted by Gasteiger charge is -2.35. The van der Waals surface area contributed by atoms with Crippen LogP contribution in [0.15, 0.2) is 36.5 Å². The Balaban J connectivity index is 1.38. The molecule has 6 rings (SSSR count). The summed E-state index contributed by atoms with van der Waals surface area (Å²) in [6, 6.07) is 1.62. The number of nitrogens with zero attached hydrogens (tertiary/aromatic N) is 2. The first-order valence-electron chi connectivity index (χ1n) is 20.1. The average molecular weight is 850 g/mol. The fourth-order valence-corrected chi connectivity index (χ4v) is 9.16. The maximum Gasteiger partial charge on any atom is 0.408 e. The van der Waals surface area contributed by atoms with Crippen molar-refractivity contribution in [2.75, 3.05) is 13.7 Å². The van der Waals surface area contributed by atoms with Crippen LogP contribution in [-0.2, 0) is 29.1 Å². The standard InChI is InChI=1S/C41H54F3N5O9S/c1-8-24-17-23(2)11-9-10-12-26-21-41(26,36(52)48-59(54,55)39(5)14-15-39)47-33(50)30-19-27(57-34-28-20-29(42)31(56-7)18-25(28)13-16-45-34)22-49(30)35(51)32(24)46-37(53)58-38(3,4)40(6,43)44/h10,12-13,16,18,20,23-24,26-27,30,32H,8-9,11,14-15,17,19,21-22H2,1-7H3,(H,46,53)(H,47,50)(H,48,52)/b12-10-/t23-,24-,26-,27-,30+,32+,41-/m1/s1. The molecular weight excluding hydrogens is 796 g/mol. The smallest absolute Gasteiger partial charge is 0.408 e. The molecule has 3 fully saturated rings. The first-order chi connectivity index (χ1) is 27.5. The van der Waals surface area contributed by atoms with Crippen LogP contribution < -0.4 is 24.8 Å². The van der Waals surface area contributed by atoms with E-state index in [1.54, 1.807) is 12.1 Å². The number of alkyl carbamates (subject to hydrolysis) is 1. The number of nitrogens with one attached hydrogen (secondary N) is 3. The van der Waals surface area contributed by atoms with E-state index in [9.17, 15) is 40.8 Å². The summed E-state index contributed by atoms with van der Waals surface area (Å²) in [5.41, 5.74) is -3.89. The third kappa shape index (κ3) is 8.97. The van der Waals surface area contributed by atoms with Gasteiger partial charge in [0.15, 0.2) is 17.2 Å². The normalized spacial score (nSPS) is 29.2. The van der Waals surface area contributed by atoms with E-state index in [0.29, 0.717) is 50.8 Å². The molecule has 4 aliphatic rings. The number of alkyl halides is 2. The molecule has 0 unspecified atom stereocenters. The Hall–Kier alpha value is -4.61. The lowest BCUT2D eigenvalue weighted by atomic mass is 9.85. The summed E-state index contributed by atoms with van der Waals surface area (Å²) in [5, 5.41) is 6.19. The van der Waals surface area contributed by atoms with Gasteiger partial charge in [-0.3, -0.25) is 19.1 Å². The molecule has 7 atom stereocenters. The summed E-state index contributed by atoms with van der Waals surface area (Å²) in [6.07, 6.45) is 5.66. The molecule has 0 bridgehead atoms. The lowest BCUT2D eigenvalue weighted by molar-refractivity contribution is -0.152. The van der Waals surface area contributed by atoms with Gasteiger partial charge >= 0.3 is 6.09 Å². The summed E-state index contributed by atoms with van der Waals surface area (Å²) in [7, 11) is -2.75. The number of aromatic nitrogens is 1. The van der Waals surface area contributed by atoms with E-state index in [-0.39, 0.29) is 42.3 Å². The van der Waals surface area contributed by atoms with Crippen molar-refractivity contribution in [3.63, 3.8) is 0 Å². The molecule has 59 heavy (non-hydrogen) atoms. The van der Waals surface area contributed by atoms with Crippen LogP contribution in [0.2, 0.25) is 0 Å². The summed E-state index contributed by atoms with van der Waals surface area (Å²) in [4.78, 5) is 62.4. The Bertz CT molecular complexity index is 2130. The van der Waals surface area contributed by atoms with Crippen molar-refractivity contribution in [1.29, 1.82) is 0 Å². The van der Waals surface area contributed by atoms with Crippen molar-refractivity contribution in [2.24, 2.45) is 17.8 Å². The van der Waals surface area contributed by atoms with Gasteiger partial charge in [-0.25, -0.2) is 31.4 Å². The Kier molecular flexibility index (Phi) is 12.0. The van der Waals surface area contributed by atoms with E-state index < -0.39 is 91.5 Å². The average Bonchev–Trinajstić information content (AvgIpc) is 4.03. The van der Waals surface area contributed by atoms with E-state index in [1.807, 2.05) is 19.9 Å². The summed E-state index contributed by atoms with van der Waals surface area (Å²) < 4.78 is 88.0. The highest BCUT2D eigenvalue weighted by Crippen LogP contribution is 2.48. The van der Waals surface area contributed by atoms with E-state index in [1.165, 1.54) is 37.3 Å². The summed E-state index contributed by atoms with van der Waals surface area (Å²) >= 11 is 0. The number of rotatable bonds is 10. The third-order valence-electron chi connectivity index (χ3n) is 12.6. The third-order valence-corrected chi connectivity index (χ3v) is 14.7. The van der Waals surface area contributed by atoms with Gasteiger partial charge in [0, 0.05) is 30.8 Å². The zero-order chi connectivity index (χ0) is 43.3. The second-order valence-corrected chi connectivity index (χ2v) is 19.6. The molecule has 1 aromatic carbocycles. The first-order valence-corrected chi connectivity index (χ1v) is 21.5. The molecule has 18 heteroatoms. The van der Waals surface area contributed by atoms with Crippen molar-refractivity contribution in [3.05, 3.63) is 42.4 Å². The van der Waals surface area contributed by atoms with Gasteiger partial charge in [-0.15, -0.1) is 0 Å².